The Hall–Kier alpha value is -1.33. The van der Waals surface area contributed by atoms with Gasteiger partial charge in [0.05, 0.1) is 11.6 Å². The van der Waals surface area contributed by atoms with Gasteiger partial charge in [0.15, 0.2) is 0 Å². The lowest BCUT2D eigenvalue weighted by atomic mass is 10.1. The molecule has 0 amide bonds. The van der Waals surface area contributed by atoms with Crippen molar-refractivity contribution in [3.8, 4) is 6.07 Å². The standard InChI is InChI=1S/C14H18N2/c1-11(14-6-7-14)16(2)10-13-5-3-4-12(8-13)9-15/h3-5,8,11,14H,6-7,10H2,1-2H3/t11-/m0/s1. The van der Waals surface area contributed by atoms with E-state index in [4.69, 9.17) is 5.26 Å². The molecule has 2 heteroatoms. The second-order valence-electron chi connectivity index (χ2n) is 4.81. The smallest absolute Gasteiger partial charge is 0.0991 e. The fourth-order valence-corrected chi connectivity index (χ4v) is 2.11. The van der Waals surface area contributed by atoms with Crippen molar-refractivity contribution < 1.29 is 0 Å². The minimum Gasteiger partial charge on any atom is -0.299 e. The number of nitrogens with zero attached hydrogens (tertiary/aromatic N) is 2. The predicted molar refractivity (Wildman–Crippen MR) is 64.8 cm³/mol. The molecular formula is C14H18N2. The van der Waals surface area contributed by atoms with E-state index in [1.807, 2.05) is 18.2 Å². The summed E-state index contributed by atoms with van der Waals surface area (Å²) in [5, 5.41) is 8.84. The lowest BCUT2D eigenvalue weighted by Gasteiger charge is -2.24. The maximum absolute atomic E-state index is 8.84. The number of nitriles is 1. The fourth-order valence-electron chi connectivity index (χ4n) is 2.11. The highest BCUT2D eigenvalue weighted by atomic mass is 15.1. The van der Waals surface area contributed by atoms with Gasteiger partial charge in [-0.25, -0.2) is 0 Å². The molecule has 0 aromatic heterocycles. The average molecular weight is 214 g/mol. The molecule has 1 aliphatic carbocycles. The first kappa shape index (κ1) is 11.2. The van der Waals surface area contributed by atoms with Crippen molar-refractivity contribution in [2.24, 2.45) is 5.92 Å². The second kappa shape index (κ2) is 4.67. The number of hydrogen-bond acceptors (Lipinski definition) is 2. The van der Waals surface area contributed by atoms with Crippen LogP contribution < -0.4 is 0 Å². The molecule has 0 aliphatic heterocycles. The van der Waals surface area contributed by atoms with Crippen molar-refractivity contribution in [1.29, 1.82) is 5.26 Å². The molecule has 1 atom stereocenters. The molecule has 0 N–H and O–H groups in total. The first-order chi connectivity index (χ1) is 7.70. The van der Waals surface area contributed by atoms with Gasteiger partial charge >= 0.3 is 0 Å². The van der Waals surface area contributed by atoms with Crippen molar-refractivity contribution in [1.82, 2.24) is 4.90 Å². The van der Waals surface area contributed by atoms with Gasteiger partial charge in [-0.1, -0.05) is 12.1 Å². The van der Waals surface area contributed by atoms with Crippen molar-refractivity contribution in [2.45, 2.75) is 32.4 Å². The van der Waals surface area contributed by atoms with Crippen molar-refractivity contribution in [3.05, 3.63) is 35.4 Å². The summed E-state index contributed by atoms with van der Waals surface area (Å²) in [5.41, 5.74) is 1.99. The van der Waals surface area contributed by atoms with Crippen molar-refractivity contribution in [2.75, 3.05) is 7.05 Å². The summed E-state index contributed by atoms with van der Waals surface area (Å²) in [5.74, 6) is 0.893. The van der Waals surface area contributed by atoms with Gasteiger partial charge in [-0.3, -0.25) is 4.90 Å². The molecule has 2 rings (SSSR count). The summed E-state index contributed by atoms with van der Waals surface area (Å²) in [6, 6.07) is 10.7. The molecule has 16 heavy (non-hydrogen) atoms. The summed E-state index contributed by atoms with van der Waals surface area (Å²) in [4.78, 5) is 2.38. The van der Waals surface area contributed by atoms with Crippen LogP contribution in [0.3, 0.4) is 0 Å². The van der Waals surface area contributed by atoms with Gasteiger partial charge in [0.1, 0.15) is 0 Å². The first-order valence-electron chi connectivity index (χ1n) is 5.90. The fraction of sp³-hybridized carbons (Fsp3) is 0.500. The summed E-state index contributed by atoms with van der Waals surface area (Å²) in [6.45, 7) is 3.24. The molecule has 1 aliphatic rings. The van der Waals surface area contributed by atoms with Crippen LogP contribution in [0.5, 0.6) is 0 Å². The third kappa shape index (κ3) is 2.62. The third-order valence-electron chi connectivity index (χ3n) is 3.49. The Balaban J connectivity index is 1.99. The summed E-state index contributed by atoms with van der Waals surface area (Å²) in [6.07, 6.45) is 2.76. The second-order valence-corrected chi connectivity index (χ2v) is 4.81. The molecular weight excluding hydrogens is 196 g/mol. The van der Waals surface area contributed by atoms with Crippen molar-refractivity contribution >= 4 is 0 Å². The van der Waals surface area contributed by atoms with Gasteiger partial charge in [0, 0.05) is 12.6 Å². The molecule has 0 spiro atoms. The topological polar surface area (TPSA) is 27.0 Å². The van der Waals surface area contributed by atoms with Crippen LogP contribution in [-0.4, -0.2) is 18.0 Å². The number of benzene rings is 1. The molecule has 0 bridgehead atoms. The summed E-state index contributed by atoms with van der Waals surface area (Å²) < 4.78 is 0. The van der Waals surface area contributed by atoms with E-state index >= 15 is 0 Å². The van der Waals surface area contributed by atoms with E-state index in [-0.39, 0.29) is 0 Å². The minimum absolute atomic E-state index is 0.658. The highest BCUT2D eigenvalue weighted by molar-refractivity contribution is 5.32. The molecule has 1 aromatic carbocycles. The van der Waals surface area contributed by atoms with Crippen LogP contribution in [0.25, 0.3) is 0 Å². The van der Waals surface area contributed by atoms with Gasteiger partial charge in [0.2, 0.25) is 0 Å². The van der Waals surface area contributed by atoms with Gasteiger partial charge in [-0.15, -0.1) is 0 Å². The third-order valence-corrected chi connectivity index (χ3v) is 3.49. The highest BCUT2D eigenvalue weighted by Crippen LogP contribution is 2.35. The molecule has 1 saturated carbocycles. The first-order valence-corrected chi connectivity index (χ1v) is 5.90. The lowest BCUT2D eigenvalue weighted by molar-refractivity contribution is 0.226. The monoisotopic (exact) mass is 214 g/mol. The zero-order valence-corrected chi connectivity index (χ0v) is 9.98. The summed E-state index contributed by atoms with van der Waals surface area (Å²) >= 11 is 0. The quantitative estimate of drug-likeness (QED) is 0.770. The van der Waals surface area contributed by atoms with Crippen LogP contribution in [-0.2, 0) is 6.54 Å². The highest BCUT2D eigenvalue weighted by Gasteiger charge is 2.30. The Kier molecular flexibility index (Phi) is 3.26. The zero-order chi connectivity index (χ0) is 11.5. The number of hydrogen-bond donors (Lipinski definition) is 0. The maximum atomic E-state index is 8.84. The van der Waals surface area contributed by atoms with E-state index in [1.54, 1.807) is 0 Å². The molecule has 84 valence electrons. The predicted octanol–water partition coefficient (Wildman–Crippen LogP) is 2.79. The Labute approximate surface area is 97.5 Å². The molecule has 1 fully saturated rings. The summed E-state index contributed by atoms with van der Waals surface area (Å²) in [7, 11) is 2.17. The van der Waals surface area contributed by atoms with Crippen LogP contribution in [0.2, 0.25) is 0 Å². The number of rotatable bonds is 4. The van der Waals surface area contributed by atoms with E-state index < -0.39 is 0 Å². The van der Waals surface area contributed by atoms with Crippen LogP contribution in [0.15, 0.2) is 24.3 Å². The SMILES string of the molecule is C[C@@H](C1CC1)N(C)Cc1cccc(C#N)c1. The largest absolute Gasteiger partial charge is 0.299 e. The van der Waals surface area contributed by atoms with Gasteiger partial charge < -0.3 is 0 Å². The van der Waals surface area contributed by atoms with E-state index in [0.29, 0.717) is 6.04 Å². The van der Waals surface area contributed by atoms with Gasteiger partial charge in [-0.05, 0) is 50.4 Å². The molecule has 0 unspecified atom stereocenters. The Bertz CT molecular complexity index is 401. The lowest BCUT2D eigenvalue weighted by Crippen LogP contribution is -2.30. The van der Waals surface area contributed by atoms with Crippen molar-refractivity contribution in [3.63, 3.8) is 0 Å². The minimum atomic E-state index is 0.658. The maximum Gasteiger partial charge on any atom is 0.0991 e. The van der Waals surface area contributed by atoms with Crippen LogP contribution >= 0.6 is 0 Å². The van der Waals surface area contributed by atoms with E-state index in [1.165, 1.54) is 18.4 Å². The molecule has 0 radical (unpaired) electrons. The van der Waals surface area contributed by atoms with Crippen LogP contribution in [0, 0.1) is 17.2 Å². The van der Waals surface area contributed by atoms with E-state index in [2.05, 4.69) is 31.0 Å². The average Bonchev–Trinajstić information content (AvgIpc) is 3.12. The molecule has 0 saturated heterocycles. The Morgan fingerprint density at radius 1 is 1.50 bits per heavy atom. The Morgan fingerprint density at radius 3 is 2.88 bits per heavy atom. The normalized spacial score (nSPS) is 17.1. The Morgan fingerprint density at radius 2 is 2.25 bits per heavy atom. The molecule has 0 heterocycles. The zero-order valence-electron chi connectivity index (χ0n) is 9.98. The van der Waals surface area contributed by atoms with Crippen LogP contribution in [0.1, 0.15) is 30.9 Å². The molecule has 1 aromatic rings. The van der Waals surface area contributed by atoms with Gasteiger partial charge in [-0.2, -0.15) is 5.26 Å². The molecule has 2 nitrogen and oxygen atoms in total. The van der Waals surface area contributed by atoms with Gasteiger partial charge in [0.25, 0.3) is 0 Å². The van der Waals surface area contributed by atoms with E-state index in [9.17, 15) is 0 Å². The van der Waals surface area contributed by atoms with Crippen LogP contribution in [0.4, 0.5) is 0 Å². The van der Waals surface area contributed by atoms with E-state index in [0.717, 1.165) is 18.0 Å².